The summed E-state index contributed by atoms with van der Waals surface area (Å²) in [6.07, 6.45) is 0. The van der Waals surface area contributed by atoms with E-state index in [0.717, 1.165) is 17.2 Å². The number of hydrogen-bond acceptors (Lipinski definition) is 5. The molecule has 0 radical (unpaired) electrons. The number of hydrogen-bond donors (Lipinski definition) is 1. The molecular formula is C16H25N3S2. The number of aromatic nitrogens is 1. The molecule has 0 fully saturated rings. The number of nitrogens with zero attached hydrogens (tertiary/aromatic N) is 2. The average molecular weight is 324 g/mol. The number of aryl methyl sites for hydroxylation is 1. The summed E-state index contributed by atoms with van der Waals surface area (Å²) in [5, 5.41) is 3.25. The van der Waals surface area contributed by atoms with Crippen LogP contribution in [0.1, 0.15) is 47.3 Å². The van der Waals surface area contributed by atoms with E-state index >= 15 is 0 Å². The van der Waals surface area contributed by atoms with Crippen molar-refractivity contribution in [1.82, 2.24) is 9.88 Å². The molecule has 0 aliphatic heterocycles. The molecule has 2 aromatic rings. The molecule has 0 saturated carbocycles. The first-order valence-corrected chi connectivity index (χ1v) is 8.92. The molecule has 0 saturated heterocycles. The van der Waals surface area contributed by atoms with E-state index in [1.807, 2.05) is 18.3 Å². The summed E-state index contributed by atoms with van der Waals surface area (Å²) < 4.78 is 0. The highest BCUT2D eigenvalue weighted by Gasteiger charge is 2.22. The Hall–Kier alpha value is -0.750. The van der Waals surface area contributed by atoms with Gasteiger partial charge in [0, 0.05) is 28.2 Å². The topological polar surface area (TPSA) is 42.2 Å². The van der Waals surface area contributed by atoms with Crippen molar-refractivity contribution in [2.24, 2.45) is 5.73 Å². The van der Waals surface area contributed by atoms with Crippen LogP contribution < -0.4 is 5.73 Å². The van der Waals surface area contributed by atoms with Gasteiger partial charge in [0.05, 0.1) is 16.7 Å². The van der Waals surface area contributed by atoms with Crippen LogP contribution in [0.5, 0.6) is 0 Å². The molecule has 0 bridgehead atoms. The fraction of sp³-hybridized carbons (Fsp3) is 0.562. The summed E-state index contributed by atoms with van der Waals surface area (Å²) in [5.41, 5.74) is 7.36. The number of likely N-dealkylation sites (N-methyl/N-ethyl adjacent to an activating group) is 1. The van der Waals surface area contributed by atoms with Gasteiger partial charge in [-0.2, -0.15) is 0 Å². The van der Waals surface area contributed by atoms with E-state index < -0.39 is 0 Å². The Bertz CT molecular complexity index is 580. The molecule has 0 amide bonds. The molecule has 21 heavy (non-hydrogen) atoms. The van der Waals surface area contributed by atoms with Gasteiger partial charge in [-0.3, -0.25) is 4.90 Å². The molecule has 0 spiro atoms. The molecule has 3 nitrogen and oxygen atoms in total. The zero-order valence-electron chi connectivity index (χ0n) is 13.5. The molecule has 1 unspecified atom stereocenters. The molecule has 0 aliphatic carbocycles. The number of nitrogens with two attached hydrogens (primary N) is 1. The van der Waals surface area contributed by atoms with Gasteiger partial charge in [0.2, 0.25) is 0 Å². The summed E-state index contributed by atoms with van der Waals surface area (Å²) in [6.45, 7) is 10.3. The molecule has 1 atom stereocenters. The van der Waals surface area contributed by atoms with Crippen LogP contribution in [0.15, 0.2) is 17.5 Å². The molecule has 5 heteroatoms. The highest BCUT2D eigenvalue weighted by molar-refractivity contribution is 7.12. The third-order valence-corrected chi connectivity index (χ3v) is 5.96. The van der Waals surface area contributed by atoms with Crippen molar-refractivity contribution in [3.63, 3.8) is 0 Å². The van der Waals surface area contributed by atoms with Crippen LogP contribution in [-0.2, 0) is 12.0 Å². The molecule has 2 aromatic heterocycles. The summed E-state index contributed by atoms with van der Waals surface area (Å²) in [4.78, 5) is 9.60. The minimum atomic E-state index is 0.201. The van der Waals surface area contributed by atoms with Crippen molar-refractivity contribution in [3.8, 4) is 0 Å². The Kier molecular flexibility index (Phi) is 5.20. The van der Waals surface area contributed by atoms with E-state index in [9.17, 15) is 0 Å². The van der Waals surface area contributed by atoms with Crippen LogP contribution >= 0.6 is 22.7 Å². The van der Waals surface area contributed by atoms with Gasteiger partial charge in [0.15, 0.2) is 0 Å². The maximum Gasteiger partial charge on any atom is 0.0897 e. The fourth-order valence-corrected chi connectivity index (χ4v) is 4.14. The van der Waals surface area contributed by atoms with E-state index in [0.29, 0.717) is 6.54 Å². The smallest absolute Gasteiger partial charge is 0.0897 e. The first-order valence-electron chi connectivity index (χ1n) is 7.23. The largest absolute Gasteiger partial charge is 0.329 e. The monoisotopic (exact) mass is 323 g/mol. The van der Waals surface area contributed by atoms with Gasteiger partial charge < -0.3 is 5.73 Å². The van der Waals surface area contributed by atoms with E-state index in [2.05, 4.69) is 55.2 Å². The van der Waals surface area contributed by atoms with Crippen LogP contribution in [0.3, 0.4) is 0 Å². The predicted octanol–water partition coefficient (Wildman–Crippen LogP) is 3.94. The highest BCUT2D eigenvalue weighted by atomic mass is 32.1. The van der Waals surface area contributed by atoms with Crippen LogP contribution in [0.25, 0.3) is 0 Å². The van der Waals surface area contributed by atoms with Crippen LogP contribution in [0, 0.1) is 6.92 Å². The second kappa shape index (κ2) is 6.57. The molecular weight excluding hydrogens is 298 g/mol. The maximum absolute atomic E-state index is 6.03. The number of thiazole rings is 1. The van der Waals surface area contributed by atoms with E-state index in [4.69, 9.17) is 5.73 Å². The average Bonchev–Trinajstić information content (AvgIpc) is 2.99. The fourth-order valence-electron chi connectivity index (χ4n) is 2.29. The van der Waals surface area contributed by atoms with Crippen molar-refractivity contribution in [1.29, 1.82) is 0 Å². The Morgan fingerprint density at radius 1 is 1.33 bits per heavy atom. The van der Waals surface area contributed by atoms with E-state index in [-0.39, 0.29) is 11.5 Å². The summed E-state index contributed by atoms with van der Waals surface area (Å²) in [5.74, 6) is 0. The van der Waals surface area contributed by atoms with Gasteiger partial charge >= 0.3 is 0 Å². The second-order valence-corrected chi connectivity index (χ2v) is 8.65. The van der Waals surface area contributed by atoms with Crippen molar-refractivity contribution in [2.45, 2.75) is 45.7 Å². The maximum atomic E-state index is 6.03. The second-order valence-electron chi connectivity index (χ2n) is 6.48. The normalized spacial score (nSPS) is 13.9. The SMILES string of the molecule is Cc1nc(CN(C)C(CN)c2ccc(C(C)(C)C)s2)cs1. The standard InChI is InChI=1S/C16H25N3S2/c1-11-18-12(10-20-11)9-19(5)13(8-17)14-6-7-15(21-14)16(2,3)4/h6-7,10,13H,8-9,17H2,1-5H3. The Labute approximate surface area is 135 Å². The molecule has 2 N–H and O–H groups in total. The summed E-state index contributed by atoms with van der Waals surface area (Å²) >= 11 is 3.58. The lowest BCUT2D eigenvalue weighted by Gasteiger charge is -2.25. The molecule has 2 rings (SSSR count). The lowest BCUT2D eigenvalue weighted by molar-refractivity contribution is 0.243. The number of rotatable bonds is 5. The van der Waals surface area contributed by atoms with Gasteiger partial charge in [0.25, 0.3) is 0 Å². The minimum Gasteiger partial charge on any atom is -0.329 e. The predicted molar refractivity (Wildman–Crippen MR) is 93.1 cm³/mol. The Morgan fingerprint density at radius 2 is 2.05 bits per heavy atom. The lowest BCUT2D eigenvalue weighted by Crippen LogP contribution is -2.29. The highest BCUT2D eigenvalue weighted by Crippen LogP contribution is 2.34. The lowest BCUT2D eigenvalue weighted by atomic mass is 9.95. The quantitative estimate of drug-likeness (QED) is 0.906. The van der Waals surface area contributed by atoms with Gasteiger partial charge in [0.1, 0.15) is 0 Å². The van der Waals surface area contributed by atoms with Crippen molar-refractivity contribution >= 4 is 22.7 Å². The third kappa shape index (κ3) is 4.13. The Morgan fingerprint density at radius 3 is 2.52 bits per heavy atom. The third-order valence-electron chi connectivity index (χ3n) is 3.53. The minimum absolute atomic E-state index is 0.201. The van der Waals surface area contributed by atoms with E-state index in [1.54, 1.807) is 11.3 Å². The van der Waals surface area contributed by atoms with Gasteiger partial charge in [-0.15, -0.1) is 22.7 Å². The van der Waals surface area contributed by atoms with Crippen LogP contribution in [0.4, 0.5) is 0 Å². The molecule has 2 heterocycles. The summed E-state index contributed by atoms with van der Waals surface area (Å²) in [7, 11) is 2.13. The van der Waals surface area contributed by atoms with Gasteiger partial charge in [-0.25, -0.2) is 4.98 Å². The zero-order chi connectivity index (χ0) is 15.6. The van der Waals surface area contributed by atoms with Gasteiger partial charge in [-0.05, 0) is 31.5 Å². The van der Waals surface area contributed by atoms with Gasteiger partial charge in [-0.1, -0.05) is 20.8 Å². The van der Waals surface area contributed by atoms with Crippen molar-refractivity contribution in [2.75, 3.05) is 13.6 Å². The molecule has 116 valence electrons. The number of thiophene rings is 1. The first-order chi connectivity index (χ1) is 9.81. The molecule has 0 aliphatic rings. The van der Waals surface area contributed by atoms with Crippen LogP contribution in [0.2, 0.25) is 0 Å². The molecule has 0 aromatic carbocycles. The first kappa shape index (κ1) is 16.6. The van der Waals surface area contributed by atoms with E-state index in [1.165, 1.54) is 9.75 Å². The Balaban J connectivity index is 2.13. The van der Waals surface area contributed by atoms with Crippen molar-refractivity contribution in [3.05, 3.63) is 38.0 Å². The zero-order valence-corrected chi connectivity index (χ0v) is 15.1. The van der Waals surface area contributed by atoms with Crippen LogP contribution in [-0.4, -0.2) is 23.5 Å². The summed E-state index contributed by atoms with van der Waals surface area (Å²) in [6, 6.07) is 4.72. The van der Waals surface area contributed by atoms with Crippen molar-refractivity contribution < 1.29 is 0 Å².